The number of carbonyl (C=O) groups excluding carboxylic acids is 1. The number of piperidine rings is 1. The first-order chi connectivity index (χ1) is 12.2. The predicted molar refractivity (Wildman–Crippen MR) is 102 cm³/mol. The van der Waals surface area contributed by atoms with E-state index in [0.717, 1.165) is 35.9 Å². The van der Waals surface area contributed by atoms with Gasteiger partial charge in [-0.15, -0.1) is 11.3 Å². The number of carbonyl (C=O) groups is 1. The maximum absolute atomic E-state index is 12.1. The minimum atomic E-state index is 0.111. The normalized spacial score (nSPS) is 16.5. The average Bonchev–Trinajstić information content (AvgIpc) is 3.15. The van der Waals surface area contributed by atoms with Crippen LogP contribution in [0.2, 0.25) is 0 Å². The van der Waals surface area contributed by atoms with Gasteiger partial charge in [0.1, 0.15) is 5.01 Å². The Morgan fingerprint density at radius 2 is 2.20 bits per heavy atom. The fourth-order valence-electron chi connectivity index (χ4n) is 3.12. The van der Waals surface area contributed by atoms with E-state index in [1.54, 1.807) is 17.5 Å². The van der Waals surface area contributed by atoms with Gasteiger partial charge in [0.2, 0.25) is 5.91 Å². The molecule has 1 saturated heterocycles. The number of thiazole rings is 1. The molecule has 1 amide bonds. The van der Waals surface area contributed by atoms with Crippen molar-refractivity contribution in [2.24, 2.45) is 0 Å². The van der Waals surface area contributed by atoms with E-state index >= 15 is 0 Å². The number of hydrogen-bond acceptors (Lipinski definition) is 5. The van der Waals surface area contributed by atoms with Crippen LogP contribution in [-0.2, 0) is 11.2 Å². The quantitative estimate of drug-likeness (QED) is 0.826. The zero-order valence-corrected chi connectivity index (χ0v) is 15.6. The summed E-state index contributed by atoms with van der Waals surface area (Å²) in [6.07, 6.45) is 8.64. The van der Waals surface area contributed by atoms with Crippen LogP contribution >= 0.6 is 11.3 Å². The zero-order chi connectivity index (χ0) is 17.5. The largest absolute Gasteiger partial charge is 0.355 e. The monoisotopic (exact) mass is 358 g/mol. The van der Waals surface area contributed by atoms with Gasteiger partial charge in [-0.2, -0.15) is 0 Å². The lowest BCUT2D eigenvalue weighted by Crippen LogP contribution is -2.44. The first kappa shape index (κ1) is 18.0. The molecule has 134 valence electrons. The van der Waals surface area contributed by atoms with E-state index < -0.39 is 0 Å². The molecule has 2 aromatic rings. The minimum absolute atomic E-state index is 0.111. The summed E-state index contributed by atoms with van der Waals surface area (Å²) in [5.41, 5.74) is 2.00. The molecule has 1 fully saturated rings. The lowest BCUT2D eigenvalue weighted by Gasteiger charge is -2.32. The van der Waals surface area contributed by atoms with Gasteiger partial charge in [-0.25, -0.2) is 4.98 Å². The molecule has 6 heteroatoms. The predicted octanol–water partition coefficient (Wildman–Crippen LogP) is 3.13. The maximum Gasteiger partial charge on any atom is 0.220 e. The Morgan fingerprint density at radius 1 is 1.36 bits per heavy atom. The third kappa shape index (κ3) is 5.34. The van der Waals surface area contributed by atoms with Crippen LogP contribution in [0.5, 0.6) is 0 Å². The highest BCUT2D eigenvalue weighted by molar-refractivity contribution is 7.13. The van der Waals surface area contributed by atoms with Crippen molar-refractivity contribution in [1.29, 1.82) is 0 Å². The summed E-state index contributed by atoms with van der Waals surface area (Å²) in [6.45, 7) is 5.25. The Morgan fingerprint density at radius 3 is 2.96 bits per heavy atom. The van der Waals surface area contributed by atoms with E-state index in [4.69, 9.17) is 0 Å². The highest BCUT2D eigenvalue weighted by Gasteiger charge is 2.17. The first-order valence-corrected chi connectivity index (χ1v) is 9.96. The van der Waals surface area contributed by atoms with Crippen LogP contribution in [0, 0.1) is 0 Å². The SMILES string of the molecule is CC(CNC(=O)CCc1csc(-c2cccnc2)n1)N1CCCCC1. The Hall–Kier alpha value is -1.79. The molecule has 1 N–H and O–H groups in total. The standard InChI is InChI=1S/C19H26N4OS/c1-15(23-10-3-2-4-11-23)12-21-18(24)8-7-17-14-25-19(22-17)16-6-5-9-20-13-16/h5-6,9,13-15H,2-4,7-8,10-12H2,1H3,(H,21,24). The third-order valence-corrected chi connectivity index (χ3v) is 5.62. The molecule has 1 unspecified atom stereocenters. The summed E-state index contributed by atoms with van der Waals surface area (Å²) in [6, 6.07) is 4.33. The molecule has 0 aliphatic carbocycles. The Labute approximate surface area is 153 Å². The Kier molecular flexibility index (Phi) is 6.53. The van der Waals surface area contributed by atoms with E-state index in [-0.39, 0.29) is 5.91 Å². The van der Waals surface area contributed by atoms with Gasteiger partial charge in [-0.05, 0) is 51.4 Å². The molecule has 0 bridgehead atoms. The van der Waals surface area contributed by atoms with Gasteiger partial charge in [-0.3, -0.25) is 14.7 Å². The molecule has 1 atom stereocenters. The summed E-state index contributed by atoms with van der Waals surface area (Å²) in [7, 11) is 0. The van der Waals surface area contributed by atoms with Gasteiger partial charge in [0.15, 0.2) is 0 Å². The molecule has 25 heavy (non-hydrogen) atoms. The van der Waals surface area contributed by atoms with E-state index in [9.17, 15) is 4.79 Å². The van der Waals surface area contributed by atoms with Crippen LogP contribution in [-0.4, -0.2) is 46.5 Å². The number of aromatic nitrogens is 2. The van der Waals surface area contributed by atoms with Crippen molar-refractivity contribution in [2.75, 3.05) is 19.6 Å². The Bertz CT molecular complexity index is 667. The molecular weight excluding hydrogens is 332 g/mol. The lowest BCUT2D eigenvalue weighted by atomic mass is 10.1. The van der Waals surface area contributed by atoms with Crippen molar-refractivity contribution in [3.05, 3.63) is 35.6 Å². The van der Waals surface area contributed by atoms with Crippen molar-refractivity contribution in [3.63, 3.8) is 0 Å². The van der Waals surface area contributed by atoms with Crippen LogP contribution < -0.4 is 5.32 Å². The maximum atomic E-state index is 12.1. The molecule has 0 saturated carbocycles. The molecule has 3 rings (SSSR count). The number of nitrogens with one attached hydrogen (secondary N) is 1. The van der Waals surface area contributed by atoms with E-state index in [1.165, 1.54) is 19.3 Å². The highest BCUT2D eigenvalue weighted by Crippen LogP contribution is 2.23. The number of pyridine rings is 1. The van der Waals surface area contributed by atoms with E-state index in [0.29, 0.717) is 18.9 Å². The number of rotatable bonds is 7. The molecule has 3 heterocycles. The van der Waals surface area contributed by atoms with Crippen molar-refractivity contribution >= 4 is 17.2 Å². The average molecular weight is 359 g/mol. The zero-order valence-electron chi connectivity index (χ0n) is 14.8. The smallest absolute Gasteiger partial charge is 0.220 e. The van der Waals surface area contributed by atoms with Gasteiger partial charge < -0.3 is 5.32 Å². The number of nitrogens with zero attached hydrogens (tertiary/aromatic N) is 3. The van der Waals surface area contributed by atoms with Gasteiger partial charge in [0.25, 0.3) is 0 Å². The summed E-state index contributed by atoms with van der Waals surface area (Å²) >= 11 is 1.60. The third-order valence-electron chi connectivity index (χ3n) is 4.68. The summed E-state index contributed by atoms with van der Waals surface area (Å²) < 4.78 is 0. The summed E-state index contributed by atoms with van der Waals surface area (Å²) in [4.78, 5) is 23.3. The highest BCUT2D eigenvalue weighted by atomic mass is 32.1. The number of likely N-dealkylation sites (tertiary alicyclic amines) is 1. The van der Waals surface area contributed by atoms with Gasteiger partial charge in [-0.1, -0.05) is 6.42 Å². The fourth-order valence-corrected chi connectivity index (χ4v) is 3.97. The molecule has 2 aromatic heterocycles. The van der Waals surface area contributed by atoms with Crippen LogP contribution in [0.4, 0.5) is 0 Å². The van der Waals surface area contributed by atoms with E-state index in [1.807, 2.05) is 23.7 Å². The second-order valence-electron chi connectivity index (χ2n) is 6.64. The van der Waals surface area contributed by atoms with Crippen LogP contribution in [0.1, 0.15) is 38.3 Å². The second kappa shape index (κ2) is 9.06. The lowest BCUT2D eigenvalue weighted by molar-refractivity contribution is -0.121. The van der Waals surface area contributed by atoms with Gasteiger partial charge >= 0.3 is 0 Å². The summed E-state index contributed by atoms with van der Waals surface area (Å²) in [5, 5.41) is 6.07. The van der Waals surface area contributed by atoms with Crippen LogP contribution in [0.25, 0.3) is 10.6 Å². The molecule has 5 nitrogen and oxygen atoms in total. The first-order valence-electron chi connectivity index (χ1n) is 9.08. The van der Waals surface area contributed by atoms with Crippen molar-refractivity contribution < 1.29 is 4.79 Å². The molecule has 1 aliphatic heterocycles. The molecule has 0 aromatic carbocycles. The van der Waals surface area contributed by atoms with Crippen molar-refractivity contribution in [1.82, 2.24) is 20.2 Å². The molecule has 0 spiro atoms. The van der Waals surface area contributed by atoms with Crippen molar-refractivity contribution in [2.45, 2.75) is 45.1 Å². The molecular formula is C19H26N4OS. The molecule has 1 aliphatic rings. The number of aryl methyl sites for hydroxylation is 1. The second-order valence-corrected chi connectivity index (χ2v) is 7.49. The van der Waals surface area contributed by atoms with Crippen molar-refractivity contribution in [3.8, 4) is 10.6 Å². The van der Waals surface area contributed by atoms with Crippen LogP contribution in [0.3, 0.4) is 0 Å². The Balaban J connectivity index is 1.41. The minimum Gasteiger partial charge on any atom is -0.355 e. The van der Waals surface area contributed by atoms with Gasteiger partial charge in [0.05, 0.1) is 5.69 Å². The van der Waals surface area contributed by atoms with E-state index in [2.05, 4.69) is 27.1 Å². The topological polar surface area (TPSA) is 58.1 Å². The number of amides is 1. The summed E-state index contributed by atoms with van der Waals surface area (Å²) in [5.74, 6) is 0.111. The number of hydrogen-bond donors (Lipinski definition) is 1. The van der Waals surface area contributed by atoms with Crippen LogP contribution in [0.15, 0.2) is 29.9 Å². The fraction of sp³-hybridized carbons (Fsp3) is 0.526. The molecule has 0 radical (unpaired) electrons. The van der Waals surface area contributed by atoms with Gasteiger partial charge in [0, 0.05) is 42.3 Å².